The van der Waals surface area contributed by atoms with Crippen molar-refractivity contribution in [3.8, 4) is 0 Å². The van der Waals surface area contributed by atoms with Gasteiger partial charge in [0.05, 0.1) is 26.4 Å². The van der Waals surface area contributed by atoms with Crippen molar-refractivity contribution in [1.29, 1.82) is 0 Å². The minimum Gasteiger partial charge on any atom is -0.378 e. The first-order valence-electron chi connectivity index (χ1n) is 10.8. The second-order valence-electron chi connectivity index (χ2n) is 7.36. The molecule has 1 saturated carbocycles. The summed E-state index contributed by atoms with van der Waals surface area (Å²) in [5, 5.41) is 9.73. The Morgan fingerprint density at radius 1 is 0.935 bits per heavy atom. The SMILES string of the molecule is NCCOCCOCCNc1nc(NCc2cccc(F)c2)nc(NC2CCCC2)n1. The van der Waals surface area contributed by atoms with Crippen molar-refractivity contribution in [3.05, 3.63) is 35.6 Å². The maximum atomic E-state index is 13.4. The maximum absolute atomic E-state index is 13.4. The van der Waals surface area contributed by atoms with E-state index in [1.807, 2.05) is 6.07 Å². The van der Waals surface area contributed by atoms with E-state index >= 15 is 0 Å². The predicted molar refractivity (Wildman–Crippen MR) is 119 cm³/mol. The van der Waals surface area contributed by atoms with Crippen molar-refractivity contribution in [1.82, 2.24) is 15.0 Å². The van der Waals surface area contributed by atoms with E-state index in [1.165, 1.54) is 25.0 Å². The van der Waals surface area contributed by atoms with Gasteiger partial charge in [-0.2, -0.15) is 15.0 Å². The van der Waals surface area contributed by atoms with Gasteiger partial charge in [0.1, 0.15) is 5.82 Å². The number of ether oxygens (including phenoxy) is 2. The molecule has 0 unspecified atom stereocenters. The van der Waals surface area contributed by atoms with Crippen molar-refractivity contribution < 1.29 is 13.9 Å². The highest BCUT2D eigenvalue weighted by atomic mass is 19.1. The van der Waals surface area contributed by atoms with Gasteiger partial charge in [-0.1, -0.05) is 25.0 Å². The second-order valence-corrected chi connectivity index (χ2v) is 7.36. The lowest BCUT2D eigenvalue weighted by Gasteiger charge is -2.14. The van der Waals surface area contributed by atoms with Crippen molar-refractivity contribution in [2.75, 3.05) is 55.5 Å². The minimum absolute atomic E-state index is 0.269. The van der Waals surface area contributed by atoms with Crippen LogP contribution >= 0.6 is 0 Å². The molecule has 1 aromatic carbocycles. The molecule has 10 heteroatoms. The van der Waals surface area contributed by atoms with E-state index in [9.17, 15) is 4.39 Å². The molecular weight excluding hydrogens is 401 g/mol. The zero-order chi connectivity index (χ0) is 21.7. The number of nitrogens with one attached hydrogen (secondary N) is 3. The highest BCUT2D eigenvalue weighted by molar-refractivity contribution is 5.43. The molecule has 31 heavy (non-hydrogen) atoms. The lowest BCUT2D eigenvalue weighted by Crippen LogP contribution is -2.20. The van der Waals surface area contributed by atoms with Gasteiger partial charge in [-0.15, -0.1) is 0 Å². The number of anilines is 3. The van der Waals surface area contributed by atoms with Crippen LogP contribution in [0.3, 0.4) is 0 Å². The zero-order valence-corrected chi connectivity index (χ0v) is 17.8. The molecule has 1 aliphatic carbocycles. The summed E-state index contributed by atoms with van der Waals surface area (Å²) in [4.78, 5) is 13.4. The Kier molecular flexibility index (Phi) is 9.68. The van der Waals surface area contributed by atoms with Gasteiger partial charge in [-0.05, 0) is 30.5 Å². The molecule has 0 radical (unpaired) electrons. The molecule has 0 bridgehead atoms. The topological polar surface area (TPSA) is 119 Å². The van der Waals surface area contributed by atoms with Gasteiger partial charge < -0.3 is 31.2 Å². The number of nitrogens with two attached hydrogens (primary N) is 1. The number of hydrogen-bond acceptors (Lipinski definition) is 9. The minimum atomic E-state index is -0.269. The third kappa shape index (κ3) is 8.60. The molecule has 0 saturated heterocycles. The number of aromatic nitrogens is 3. The molecule has 1 aliphatic rings. The summed E-state index contributed by atoms with van der Waals surface area (Å²) in [6, 6.07) is 6.82. The van der Waals surface area contributed by atoms with Crippen molar-refractivity contribution >= 4 is 17.8 Å². The smallest absolute Gasteiger partial charge is 0.229 e. The van der Waals surface area contributed by atoms with Crippen LogP contribution < -0.4 is 21.7 Å². The Morgan fingerprint density at radius 3 is 2.39 bits per heavy atom. The van der Waals surface area contributed by atoms with Crippen LogP contribution in [0.5, 0.6) is 0 Å². The third-order valence-corrected chi connectivity index (χ3v) is 4.83. The second kappa shape index (κ2) is 13.0. The lowest BCUT2D eigenvalue weighted by molar-refractivity contribution is 0.0547. The molecule has 3 rings (SSSR count). The number of hydrogen-bond donors (Lipinski definition) is 4. The Bertz CT molecular complexity index is 790. The fourth-order valence-corrected chi connectivity index (χ4v) is 3.32. The van der Waals surface area contributed by atoms with Gasteiger partial charge in [0.25, 0.3) is 0 Å². The zero-order valence-electron chi connectivity index (χ0n) is 17.8. The highest BCUT2D eigenvalue weighted by Crippen LogP contribution is 2.21. The van der Waals surface area contributed by atoms with Gasteiger partial charge >= 0.3 is 0 Å². The van der Waals surface area contributed by atoms with Crippen molar-refractivity contribution in [3.63, 3.8) is 0 Å². The van der Waals surface area contributed by atoms with Gasteiger partial charge in [0, 0.05) is 25.7 Å². The molecule has 1 heterocycles. The van der Waals surface area contributed by atoms with Crippen LogP contribution in [0.2, 0.25) is 0 Å². The summed E-state index contributed by atoms with van der Waals surface area (Å²) in [7, 11) is 0. The number of rotatable bonds is 14. The molecule has 0 aliphatic heterocycles. The summed E-state index contributed by atoms with van der Waals surface area (Å²) in [5.41, 5.74) is 6.18. The van der Waals surface area contributed by atoms with Crippen LogP contribution in [-0.2, 0) is 16.0 Å². The third-order valence-electron chi connectivity index (χ3n) is 4.83. The number of benzene rings is 1. The fraction of sp³-hybridized carbons (Fsp3) is 0.571. The highest BCUT2D eigenvalue weighted by Gasteiger charge is 2.17. The molecule has 0 atom stereocenters. The van der Waals surface area contributed by atoms with E-state index in [4.69, 9.17) is 15.2 Å². The van der Waals surface area contributed by atoms with Crippen LogP contribution in [0.4, 0.5) is 22.2 Å². The van der Waals surface area contributed by atoms with Crippen LogP contribution in [-0.4, -0.2) is 60.5 Å². The van der Waals surface area contributed by atoms with Crippen LogP contribution in [0.25, 0.3) is 0 Å². The van der Waals surface area contributed by atoms with Crippen molar-refractivity contribution in [2.45, 2.75) is 38.3 Å². The van der Waals surface area contributed by atoms with Gasteiger partial charge in [-0.25, -0.2) is 4.39 Å². The summed E-state index contributed by atoms with van der Waals surface area (Å²) in [6.45, 7) is 3.53. The Labute approximate surface area is 182 Å². The summed E-state index contributed by atoms with van der Waals surface area (Å²) in [5.74, 6) is 1.15. The van der Waals surface area contributed by atoms with Gasteiger partial charge in [-0.3, -0.25) is 0 Å². The van der Waals surface area contributed by atoms with E-state index in [-0.39, 0.29) is 5.82 Å². The monoisotopic (exact) mass is 433 g/mol. The molecule has 9 nitrogen and oxygen atoms in total. The van der Waals surface area contributed by atoms with Crippen LogP contribution in [0.1, 0.15) is 31.2 Å². The Balaban J connectivity index is 1.54. The predicted octanol–water partition coefficient (Wildman–Crippen LogP) is 2.38. The van der Waals surface area contributed by atoms with E-state index < -0.39 is 0 Å². The maximum Gasteiger partial charge on any atom is 0.229 e. The van der Waals surface area contributed by atoms with Gasteiger partial charge in [0.15, 0.2) is 0 Å². The molecule has 5 N–H and O–H groups in total. The van der Waals surface area contributed by atoms with E-state index in [0.29, 0.717) is 69.9 Å². The number of halogens is 1. The average Bonchev–Trinajstić information content (AvgIpc) is 3.27. The lowest BCUT2D eigenvalue weighted by atomic mass is 10.2. The van der Waals surface area contributed by atoms with E-state index in [0.717, 1.165) is 18.4 Å². The summed E-state index contributed by atoms with van der Waals surface area (Å²) < 4.78 is 24.2. The summed E-state index contributed by atoms with van der Waals surface area (Å²) >= 11 is 0. The first-order valence-corrected chi connectivity index (χ1v) is 10.8. The van der Waals surface area contributed by atoms with Crippen molar-refractivity contribution in [2.24, 2.45) is 5.73 Å². The van der Waals surface area contributed by atoms with E-state index in [2.05, 4.69) is 30.9 Å². The standard InChI is InChI=1S/C21H32FN7O2/c22-17-5-3-4-16(14-17)15-25-20-27-19(24-9-11-31-13-12-30-10-8-23)28-21(29-20)26-18-6-1-2-7-18/h3-5,14,18H,1-2,6-13,15,23H2,(H3,24,25,26,27,28,29). The average molecular weight is 434 g/mol. The summed E-state index contributed by atoms with van der Waals surface area (Å²) in [6.07, 6.45) is 4.65. The molecular formula is C21H32FN7O2. The number of nitrogens with zero attached hydrogens (tertiary/aromatic N) is 3. The normalized spacial score (nSPS) is 14.0. The van der Waals surface area contributed by atoms with E-state index in [1.54, 1.807) is 6.07 Å². The van der Waals surface area contributed by atoms with Crippen LogP contribution in [0.15, 0.2) is 24.3 Å². The fourth-order valence-electron chi connectivity index (χ4n) is 3.32. The Morgan fingerprint density at radius 2 is 1.65 bits per heavy atom. The van der Waals surface area contributed by atoms with Gasteiger partial charge in [0.2, 0.25) is 17.8 Å². The quantitative estimate of drug-likeness (QED) is 0.333. The molecule has 0 amide bonds. The largest absolute Gasteiger partial charge is 0.378 e. The molecule has 1 fully saturated rings. The Hall–Kier alpha value is -2.56. The first-order chi connectivity index (χ1) is 15.2. The molecule has 2 aromatic rings. The first kappa shape index (κ1) is 23.1. The molecule has 170 valence electrons. The van der Waals surface area contributed by atoms with Crippen LogP contribution in [0, 0.1) is 5.82 Å². The molecule has 0 spiro atoms. The molecule has 1 aromatic heterocycles.